The topological polar surface area (TPSA) is 53.5 Å². The van der Waals surface area contributed by atoms with E-state index in [0.717, 1.165) is 39.1 Å². The molecule has 0 aromatic carbocycles. The summed E-state index contributed by atoms with van der Waals surface area (Å²) in [6.45, 7) is 5.38. The highest BCUT2D eigenvalue weighted by molar-refractivity contribution is 4.91. The molecule has 0 amide bonds. The molecule has 4 heteroatoms. The third kappa shape index (κ3) is 4.47. The van der Waals surface area contributed by atoms with Crippen molar-refractivity contribution in [2.45, 2.75) is 37.8 Å². The summed E-state index contributed by atoms with van der Waals surface area (Å²) < 4.78 is 4.94. The van der Waals surface area contributed by atoms with Crippen LogP contribution in [0.25, 0.3) is 0 Å². The number of rotatable bonds is 7. The van der Waals surface area contributed by atoms with Crippen LogP contribution in [0.4, 0.5) is 0 Å². The van der Waals surface area contributed by atoms with E-state index in [-0.39, 0.29) is 6.04 Å². The highest BCUT2D eigenvalue weighted by Gasteiger charge is 2.32. The zero-order valence-electron chi connectivity index (χ0n) is 9.88. The molecule has 1 heterocycles. The van der Waals surface area contributed by atoms with E-state index in [1.165, 1.54) is 6.42 Å². The van der Waals surface area contributed by atoms with Crippen LogP contribution < -0.4 is 10.6 Å². The molecule has 90 valence electrons. The molecule has 2 unspecified atom stereocenters. The Hall–Kier alpha value is -0.160. The number of hydrogen-bond acceptors (Lipinski definition) is 4. The van der Waals surface area contributed by atoms with Crippen molar-refractivity contribution in [2.75, 3.05) is 33.4 Å². The van der Waals surface area contributed by atoms with Crippen LogP contribution in [-0.2, 0) is 4.74 Å². The molecule has 15 heavy (non-hydrogen) atoms. The van der Waals surface area contributed by atoms with Gasteiger partial charge in [0.15, 0.2) is 0 Å². The van der Waals surface area contributed by atoms with Gasteiger partial charge in [-0.1, -0.05) is 0 Å². The Kier molecular flexibility index (Phi) is 5.53. The number of aliphatic hydroxyl groups is 1. The van der Waals surface area contributed by atoms with Crippen molar-refractivity contribution >= 4 is 0 Å². The first-order valence-corrected chi connectivity index (χ1v) is 5.82. The Morgan fingerprint density at radius 1 is 1.53 bits per heavy atom. The van der Waals surface area contributed by atoms with Gasteiger partial charge in [0.2, 0.25) is 0 Å². The maximum atomic E-state index is 10.2. The first-order chi connectivity index (χ1) is 7.17. The molecule has 2 atom stereocenters. The second kappa shape index (κ2) is 6.43. The van der Waals surface area contributed by atoms with E-state index in [1.807, 2.05) is 6.92 Å². The summed E-state index contributed by atoms with van der Waals surface area (Å²) >= 11 is 0. The van der Waals surface area contributed by atoms with E-state index in [9.17, 15) is 5.11 Å². The lowest BCUT2D eigenvalue weighted by atomic mass is 9.91. The Morgan fingerprint density at radius 2 is 2.33 bits per heavy atom. The molecule has 1 fully saturated rings. The van der Waals surface area contributed by atoms with Crippen LogP contribution in [0.3, 0.4) is 0 Å². The monoisotopic (exact) mass is 216 g/mol. The Morgan fingerprint density at radius 3 is 2.93 bits per heavy atom. The fourth-order valence-electron chi connectivity index (χ4n) is 2.03. The van der Waals surface area contributed by atoms with Gasteiger partial charge in [-0.05, 0) is 39.3 Å². The van der Waals surface area contributed by atoms with Crippen molar-refractivity contribution in [2.24, 2.45) is 0 Å². The second-order valence-electron chi connectivity index (χ2n) is 4.50. The van der Waals surface area contributed by atoms with Gasteiger partial charge in [0.25, 0.3) is 0 Å². The largest absolute Gasteiger partial charge is 0.389 e. The number of ether oxygens (including phenoxy) is 1. The smallest absolute Gasteiger partial charge is 0.0784 e. The van der Waals surface area contributed by atoms with E-state index in [2.05, 4.69) is 10.6 Å². The van der Waals surface area contributed by atoms with E-state index in [1.54, 1.807) is 7.11 Å². The first kappa shape index (κ1) is 12.9. The fourth-order valence-corrected chi connectivity index (χ4v) is 2.03. The van der Waals surface area contributed by atoms with Gasteiger partial charge in [-0.15, -0.1) is 0 Å². The Bertz CT molecular complexity index is 168. The summed E-state index contributed by atoms with van der Waals surface area (Å²) in [4.78, 5) is 0. The summed E-state index contributed by atoms with van der Waals surface area (Å²) in [5.74, 6) is 0. The molecular weight excluding hydrogens is 192 g/mol. The average molecular weight is 216 g/mol. The summed E-state index contributed by atoms with van der Waals surface area (Å²) in [7, 11) is 1.69. The van der Waals surface area contributed by atoms with Crippen LogP contribution in [0, 0.1) is 0 Å². The Balaban J connectivity index is 2.12. The maximum Gasteiger partial charge on any atom is 0.0784 e. The number of hydrogen-bond donors (Lipinski definition) is 3. The molecule has 0 bridgehead atoms. The van der Waals surface area contributed by atoms with Crippen molar-refractivity contribution < 1.29 is 9.84 Å². The van der Waals surface area contributed by atoms with E-state index in [0.29, 0.717) is 0 Å². The summed E-state index contributed by atoms with van der Waals surface area (Å²) in [5.41, 5.74) is -0.587. The lowest BCUT2D eigenvalue weighted by Gasteiger charge is -2.30. The number of nitrogens with one attached hydrogen (secondary N) is 2. The van der Waals surface area contributed by atoms with E-state index >= 15 is 0 Å². The van der Waals surface area contributed by atoms with Crippen molar-refractivity contribution in [3.63, 3.8) is 0 Å². The first-order valence-electron chi connectivity index (χ1n) is 5.82. The second-order valence-corrected chi connectivity index (χ2v) is 4.50. The average Bonchev–Trinajstić information content (AvgIpc) is 2.70. The normalized spacial score (nSPS) is 25.4. The van der Waals surface area contributed by atoms with Crippen molar-refractivity contribution in [1.29, 1.82) is 0 Å². The lowest BCUT2D eigenvalue weighted by molar-refractivity contribution is 0.0177. The molecule has 0 aliphatic carbocycles. The summed E-state index contributed by atoms with van der Waals surface area (Å²) in [6, 6.07) is 0.265. The molecule has 3 N–H and O–H groups in total. The predicted molar refractivity (Wildman–Crippen MR) is 61.0 cm³/mol. The maximum absolute atomic E-state index is 10.2. The van der Waals surface area contributed by atoms with Crippen LogP contribution in [0.15, 0.2) is 0 Å². The van der Waals surface area contributed by atoms with E-state index in [4.69, 9.17) is 4.74 Å². The van der Waals surface area contributed by atoms with Crippen LogP contribution in [0.1, 0.15) is 26.2 Å². The van der Waals surface area contributed by atoms with Gasteiger partial charge in [-0.2, -0.15) is 0 Å². The molecule has 0 aromatic heterocycles. The van der Waals surface area contributed by atoms with Gasteiger partial charge in [0, 0.05) is 19.7 Å². The van der Waals surface area contributed by atoms with Gasteiger partial charge in [0.1, 0.15) is 0 Å². The highest BCUT2D eigenvalue weighted by Crippen LogP contribution is 2.21. The molecule has 0 aromatic rings. The lowest BCUT2D eigenvalue weighted by Crippen LogP contribution is -2.47. The van der Waals surface area contributed by atoms with Crippen molar-refractivity contribution in [3.05, 3.63) is 0 Å². The molecule has 1 aliphatic heterocycles. The minimum atomic E-state index is -0.587. The van der Waals surface area contributed by atoms with Gasteiger partial charge in [-0.3, -0.25) is 0 Å². The summed E-state index contributed by atoms with van der Waals surface area (Å²) in [5, 5.41) is 16.8. The van der Waals surface area contributed by atoms with Crippen molar-refractivity contribution in [3.8, 4) is 0 Å². The summed E-state index contributed by atoms with van der Waals surface area (Å²) in [6.07, 6.45) is 3.05. The molecule has 0 radical (unpaired) electrons. The van der Waals surface area contributed by atoms with Crippen LogP contribution in [0.5, 0.6) is 0 Å². The quantitative estimate of drug-likeness (QED) is 0.529. The molecule has 0 spiro atoms. The zero-order valence-corrected chi connectivity index (χ0v) is 9.88. The molecule has 0 saturated carbocycles. The highest BCUT2D eigenvalue weighted by atomic mass is 16.5. The van der Waals surface area contributed by atoms with E-state index < -0.39 is 5.60 Å². The minimum absolute atomic E-state index is 0.265. The van der Waals surface area contributed by atoms with Crippen LogP contribution in [0.2, 0.25) is 0 Å². The van der Waals surface area contributed by atoms with Gasteiger partial charge in [0.05, 0.1) is 12.2 Å². The standard InChI is InChI=1S/C11H24N2O2/c1-11(14,10-4-3-6-13-10)5-7-12-8-9-15-2/h10,12-14H,3-9H2,1-2H3. The molecule has 1 aliphatic rings. The zero-order chi connectivity index (χ0) is 11.1. The minimum Gasteiger partial charge on any atom is -0.389 e. The Labute approximate surface area is 92.4 Å². The molecule has 4 nitrogen and oxygen atoms in total. The van der Waals surface area contributed by atoms with Crippen LogP contribution in [-0.4, -0.2) is 50.1 Å². The molecule has 1 saturated heterocycles. The fraction of sp³-hybridized carbons (Fsp3) is 1.00. The third-order valence-electron chi connectivity index (χ3n) is 3.10. The van der Waals surface area contributed by atoms with Crippen molar-refractivity contribution in [1.82, 2.24) is 10.6 Å². The number of methoxy groups -OCH3 is 1. The predicted octanol–water partition coefficient (Wildman–Crippen LogP) is 0.116. The molecular formula is C11H24N2O2. The van der Waals surface area contributed by atoms with Crippen LogP contribution >= 0.6 is 0 Å². The van der Waals surface area contributed by atoms with Gasteiger partial charge < -0.3 is 20.5 Å². The SMILES string of the molecule is COCCNCCC(C)(O)C1CCCN1. The van der Waals surface area contributed by atoms with Gasteiger partial charge in [-0.25, -0.2) is 0 Å². The van der Waals surface area contributed by atoms with Gasteiger partial charge >= 0.3 is 0 Å². The molecule has 1 rings (SSSR count). The third-order valence-corrected chi connectivity index (χ3v) is 3.10.